The predicted molar refractivity (Wildman–Crippen MR) is 64.5 cm³/mol. The zero-order valence-electron chi connectivity index (χ0n) is 10.3. The van der Waals surface area contributed by atoms with Gasteiger partial charge in [-0.1, -0.05) is 0 Å². The molecule has 0 amide bonds. The van der Waals surface area contributed by atoms with Crippen LogP contribution in [-0.4, -0.2) is 39.6 Å². The van der Waals surface area contributed by atoms with Crippen molar-refractivity contribution in [3.05, 3.63) is 24.3 Å². The number of alkyl halides is 3. The topological polar surface area (TPSA) is 78.9 Å². The normalized spacial score (nSPS) is 11.8. The second kappa shape index (κ2) is 5.87. The smallest absolute Gasteiger partial charge is 0.399 e. The molecule has 0 atom stereocenters. The van der Waals surface area contributed by atoms with Crippen LogP contribution in [0.5, 0.6) is 0 Å². The summed E-state index contributed by atoms with van der Waals surface area (Å²) in [5.74, 6) is 0.445. The van der Waals surface area contributed by atoms with Crippen molar-refractivity contribution in [1.29, 1.82) is 0 Å². The fraction of sp³-hybridized carbons (Fsp3) is 0.364. The summed E-state index contributed by atoms with van der Waals surface area (Å²) in [5, 5.41) is 11.0. The van der Waals surface area contributed by atoms with Crippen LogP contribution in [0.1, 0.15) is 0 Å². The van der Waals surface area contributed by atoms with Gasteiger partial charge in [-0.3, -0.25) is 0 Å². The number of nitrogens with zero attached hydrogens (tertiary/aromatic N) is 4. The van der Waals surface area contributed by atoms with Crippen molar-refractivity contribution in [2.45, 2.75) is 12.7 Å². The minimum absolute atomic E-state index is 0.128. The largest absolute Gasteiger partial charge is 0.411 e. The average molecular weight is 287 g/mol. The van der Waals surface area contributed by atoms with Gasteiger partial charge in [-0.05, 0) is 34.7 Å². The summed E-state index contributed by atoms with van der Waals surface area (Å²) in [7, 11) is 0. The molecule has 0 radical (unpaired) electrons. The lowest BCUT2D eigenvalue weighted by molar-refractivity contribution is -0.174. The number of rotatable bonds is 5. The third kappa shape index (κ3) is 3.92. The van der Waals surface area contributed by atoms with Gasteiger partial charge in [0.05, 0.1) is 13.2 Å². The van der Waals surface area contributed by atoms with Crippen molar-refractivity contribution in [1.82, 2.24) is 20.2 Å². The van der Waals surface area contributed by atoms with Gasteiger partial charge in [-0.2, -0.15) is 13.2 Å². The molecule has 0 aliphatic rings. The lowest BCUT2D eigenvalue weighted by atomic mass is 10.2. The fourth-order valence-corrected chi connectivity index (χ4v) is 1.53. The quantitative estimate of drug-likeness (QED) is 0.666. The van der Waals surface area contributed by atoms with Crippen LogP contribution in [0.3, 0.4) is 0 Å². The van der Waals surface area contributed by atoms with Gasteiger partial charge in [0.15, 0.2) is 5.82 Å². The van der Waals surface area contributed by atoms with E-state index in [4.69, 9.17) is 5.73 Å². The summed E-state index contributed by atoms with van der Waals surface area (Å²) >= 11 is 0. The van der Waals surface area contributed by atoms with Gasteiger partial charge in [-0.15, -0.1) is 5.10 Å². The van der Waals surface area contributed by atoms with Crippen LogP contribution in [0.15, 0.2) is 24.3 Å². The third-order valence-electron chi connectivity index (χ3n) is 2.41. The van der Waals surface area contributed by atoms with Crippen LogP contribution in [0, 0.1) is 0 Å². The van der Waals surface area contributed by atoms with Gasteiger partial charge in [0.1, 0.15) is 6.61 Å². The third-order valence-corrected chi connectivity index (χ3v) is 2.41. The lowest BCUT2D eigenvalue weighted by Crippen LogP contribution is -2.19. The molecule has 0 unspecified atom stereocenters. The van der Waals surface area contributed by atoms with Gasteiger partial charge in [0.2, 0.25) is 0 Å². The lowest BCUT2D eigenvalue weighted by Gasteiger charge is -2.08. The summed E-state index contributed by atoms with van der Waals surface area (Å²) in [4.78, 5) is 0. The molecule has 9 heteroatoms. The van der Waals surface area contributed by atoms with Crippen LogP contribution >= 0.6 is 0 Å². The van der Waals surface area contributed by atoms with Gasteiger partial charge in [0, 0.05) is 11.3 Å². The number of nitrogen functional groups attached to an aromatic ring is 1. The van der Waals surface area contributed by atoms with E-state index in [2.05, 4.69) is 20.3 Å². The van der Waals surface area contributed by atoms with E-state index in [1.54, 1.807) is 24.3 Å². The van der Waals surface area contributed by atoms with Crippen LogP contribution in [-0.2, 0) is 11.3 Å². The first kappa shape index (κ1) is 14.3. The van der Waals surface area contributed by atoms with E-state index in [1.165, 1.54) is 4.68 Å². The first-order valence-corrected chi connectivity index (χ1v) is 5.72. The van der Waals surface area contributed by atoms with Crippen molar-refractivity contribution in [3.63, 3.8) is 0 Å². The maximum absolute atomic E-state index is 11.9. The molecule has 0 bridgehead atoms. The van der Waals surface area contributed by atoms with Crippen LogP contribution < -0.4 is 5.73 Å². The molecule has 0 saturated heterocycles. The van der Waals surface area contributed by atoms with E-state index in [0.717, 1.165) is 5.56 Å². The highest BCUT2D eigenvalue weighted by atomic mass is 19.4. The van der Waals surface area contributed by atoms with Crippen molar-refractivity contribution in [2.75, 3.05) is 18.9 Å². The number of hydrogen-bond acceptors (Lipinski definition) is 5. The number of hydrogen-bond donors (Lipinski definition) is 1. The molecule has 1 aromatic carbocycles. The van der Waals surface area contributed by atoms with Crippen molar-refractivity contribution < 1.29 is 17.9 Å². The molecular formula is C11H12F3N5O. The van der Waals surface area contributed by atoms with E-state index in [1.807, 2.05) is 0 Å². The maximum Gasteiger partial charge on any atom is 0.411 e. The molecule has 6 nitrogen and oxygen atoms in total. The Balaban J connectivity index is 1.97. The molecule has 2 N–H and O–H groups in total. The number of nitrogens with two attached hydrogens (primary N) is 1. The van der Waals surface area contributed by atoms with E-state index >= 15 is 0 Å². The second-order valence-corrected chi connectivity index (χ2v) is 4.02. The summed E-state index contributed by atoms with van der Waals surface area (Å²) in [6, 6.07) is 6.84. The van der Waals surface area contributed by atoms with Crippen LogP contribution in [0.2, 0.25) is 0 Å². The number of benzene rings is 1. The Morgan fingerprint density at radius 1 is 1.20 bits per heavy atom. The molecule has 1 aromatic heterocycles. The summed E-state index contributed by atoms with van der Waals surface area (Å²) in [5.41, 5.74) is 6.89. The number of tetrazole rings is 1. The van der Waals surface area contributed by atoms with Crippen molar-refractivity contribution in [2.24, 2.45) is 0 Å². The highest BCUT2D eigenvalue weighted by Gasteiger charge is 2.27. The van der Waals surface area contributed by atoms with E-state index in [-0.39, 0.29) is 13.2 Å². The Hall–Kier alpha value is -2.16. The Morgan fingerprint density at radius 3 is 2.55 bits per heavy atom. The monoisotopic (exact) mass is 287 g/mol. The summed E-state index contributed by atoms with van der Waals surface area (Å²) in [6.07, 6.45) is -4.33. The Kier molecular flexibility index (Phi) is 4.18. The molecule has 0 fully saturated rings. The Morgan fingerprint density at radius 2 is 1.90 bits per heavy atom. The molecule has 2 rings (SSSR count). The minimum atomic E-state index is -4.33. The van der Waals surface area contributed by atoms with E-state index in [9.17, 15) is 13.2 Å². The Labute approximate surface area is 112 Å². The molecule has 2 aromatic rings. The molecule has 0 aliphatic heterocycles. The SMILES string of the molecule is Nc1ccc(-c2nnnn2CCOCC(F)(F)F)cc1. The zero-order chi connectivity index (χ0) is 14.6. The Bertz CT molecular complexity index is 552. The summed E-state index contributed by atoms with van der Waals surface area (Å²) < 4.78 is 41.7. The van der Waals surface area contributed by atoms with Crippen molar-refractivity contribution >= 4 is 5.69 Å². The standard InChI is InChI=1S/C11H12F3N5O/c12-11(13,14)7-20-6-5-19-10(16-17-18-19)8-1-3-9(15)4-2-8/h1-4H,5-7,15H2. The minimum Gasteiger partial charge on any atom is -0.399 e. The molecule has 0 aliphatic carbocycles. The molecule has 0 saturated carbocycles. The number of anilines is 1. The van der Waals surface area contributed by atoms with Gasteiger partial charge >= 0.3 is 6.18 Å². The van der Waals surface area contributed by atoms with Gasteiger partial charge in [0.25, 0.3) is 0 Å². The number of ether oxygens (including phenoxy) is 1. The molecule has 108 valence electrons. The van der Waals surface area contributed by atoms with Gasteiger partial charge < -0.3 is 10.5 Å². The fourth-order valence-electron chi connectivity index (χ4n) is 1.53. The van der Waals surface area contributed by atoms with Crippen molar-refractivity contribution in [3.8, 4) is 11.4 Å². The highest BCUT2D eigenvalue weighted by molar-refractivity contribution is 5.58. The molecule has 1 heterocycles. The highest BCUT2D eigenvalue weighted by Crippen LogP contribution is 2.17. The summed E-state index contributed by atoms with van der Waals surface area (Å²) in [6.45, 7) is -1.29. The first-order chi connectivity index (χ1) is 9.46. The van der Waals surface area contributed by atoms with Crippen LogP contribution in [0.4, 0.5) is 18.9 Å². The number of aromatic nitrogens is 4. The maximum atomic E-state index is 11.9. The number of halogens is 3. The second-order valence-electron chi connectivity index (χ2n) is 4.02. The molecule has 20 heavy (non-hydrogen) atoms. The van der Waals surface area contributed by atoms with E-state index < -0.39 is 12.8 Å². The van der Waals surface area contributed by atoms with E-state index in [0.29, 0.717) is 11.5 Å². The van der Waals surface area contributed by atoms with Gasteiger partial charge in [-0.25, -0.2) is 4.68 Å². The first-order valence-electron chi connectivity index (χ1n) is 5.72. The zero-order valence-corrected chi connectivity index (χ0v) is 10.3. The van der Waals surface area contributed by atoms with Crippen LogP contribution in [0.25, 0.3) is 11.4 Å². The average Bonchev–Trinajstić information content (AvgIpc) is 2.83. The molecule has 0 spiro atoms. The predicted octanol–water partition coefficient (Wildman–Crippen LogP) is 1.50. The molecular weight excluding hydrogens is 275 g/mol.